The number of hydrogen-bond donors (Lipinski definition) is 4. The van der Waals surface area contributed by atoms with Crippen molar-refractivity contribution in [2.24, 2.45) is 0 Å². The molecule has 0 heterocycles. The fourth-order valence-corrected chi connectivity index (χ4v) is 1.84. The van der Waals surface area contributed by atoms with Gasteiger partial charge in [0, 0.05) is 12.5 Å². The van der Waals surface area contributed by atoms with Gasteiger partial charge in [0.05, 0.1) is 0 Å². The number of carbonyl (C=O) groups is 3. The highest BCUT2D eigenvalue weighted by molar-refractivity contribution is 5.83. The highest BCUT2D eigenvalue weighted by atomic mass is 16.4. The van der Waals surface area contributed by atoms with Crippen LogP contribution in [-0.2, 0) is 9.59 Å². The maximum atomic E-state index is 11.6. The van der Waals surface area contributed by atoms with Crippen molar-refractivity contribution in [2.45, 2.75) is 44.2 Å². The summed E-state index contributed by atoms with van der Waals surface area (Å²) >= 11 is 0. The van der Waals surface area contributed by atoms with Crippen molar-refractivity contribution in [1.29, 1.82) is 0 Å². The van der Waals surface area contributed by atoms with Crippen LogP contribution in [0.3, 0.4) is 0 Å². The van der Waals surface area contributed by atoms with Crippen LogP contribution in [0.5, 0.6) is 0 Å². The number of nitrogens with one attached hydrogen (secondary N) is 2. The first-order valence-electron chi connectivity index (χ1n) is 6.15. The smallest absolute Gasteiger partial charge is 0.326 e. The molecule has 7 nitrogen and oxygen atoms in total. The minimum absolute atomic E-state index is 0.00100. The molecule has 1 aliphatic rings. The summed E-state index contributed by atoms with van der Waals surface area (Å²) in [6.07, 6.45) is 5.98. The summed E-state index contributed by atoms with van der Waals surface area (Å²) in [5.41, 5.74) is 0. The zero-order chi connectivity index (χ0) is 14.3. The van der Waals surface area contributed by atoms with E-state index in [9.17, 15) is 14.4 Å². The van der Waals surface area contributed by atoms with Crippen molar-refractivity contribution in [2.75, 3.05) is 0 Å². The highest BCUT2D eigenvalue weighted by Gasteiger charge is 2.22. The minimum Gasteiger partial charge on any atom is -0.481 e. The second-order valence-electron chi connectivity index (χ2n) is 4.42. The van der Waals surface area contributed by atoms with Gasteiger partial charge in [-0.15, -0.1) is 0 Å². The lowest BCUT2D eigenvalue weighted by atomic mass is 10.0. The lowest BCUT2D eigenvalue weighted by Gasteiger charge is -2.21. The highest BCUT2D eigenvalue weighted by Crippen LogP contribution is 2.10. The molecule has 0 saturated carbocycles. The van der Waals surface area contributed by atoms with E-state index in [0.29, 0.717) is 0 Å². The quantitative estimate of drug-likeness (QED) is 0.530. The van der Waals surface area contributed by atoms with Gasteiger partial charge in [-0.05, 0) is 25.7 Å². The summed E-state index contributed by atoms with van der Waals surface area (Å²) in [6.45, 7) is 0. The number of carboxylic acids is 2. The van der Waals surface area contributed by atoms with Crippen LogP contribution in [0.2, 0.25) is 0 Å². The fourth-order valence-electron chi connectivity index (χ4n) is 1.84. The van der Waals surface area contributed by atoms with Crippen LogP contribution in [0.15, 0.2) is 12.2 Å². The minimum atomic E-state index is -1.24. The lowest BCUT2D eigenvalue weighted by molar-refractivity contribution is -0.140. The monoisotopic (exact) mass is 270 g/mol. The first-order chi connectivity index (χ1) is 8.99. The molecular formula is C12H18N2O5. The molecule has 19 heavy (non-hydrogen) atoms. The predicted octanol–water partition coefficient (Wildman–Crippen LogP) is 0.712. The Labute approximate surface area is 110 Å². The van der Waals surface area contributed by atoms with E-state index >= 15 is 0 Å². The van der Waals surface area contributed by atoms with Gasteiger partial charge < -0.3 is 20.8 Å². The third kappa shape index (κ3) is 5.89. The van der Waals surface area contributed by atoms with Crippen molar-refractivity contribution < 1.29 is 24.6 Å². The van der Waals surface area contributed by atoms with Crippen LogP contribution >= 0.6 is 0 Å². The maximum absolute atomic E-state index is 11.6. The second-order valence-corrected chi connectivity index (χ2v) is 4.42. The lowest BCUT2D eigenvalue weighted by Crippen LogP contribution is -2.49. The largest absolute Gasteiger partial charge is 0.481 e. The molecule has 0 aromatic carbocycles. The van der Waals surface area contributed by atoms with E-state index in [4.69, 9.17) is 10.2 Å². The third-order valence-electron chi connectivity index (χ3n) is 2.85. The van der Waals surface area contributed by atoms with Crippen molar-refractivity contribution in [3.63, 3.8) is 0 Å². The third-order valence-corrected chi connectivity index (χ3v) is 2.85. The van der Waals surface area contributed by atoms with Crippen LogP contribution in [0.1, 0.15) is 32.1 Å². The summed E-state index contributed by atoms with van der Waals surface area (Å²) in [6, 6.07) is -1.76. The summed E-state index contributed by atoms with van der Waals surface area (Å²) in [4.78, 5) is 32.9. The average molecular weight is 270 g/mol. The molecule has 0 spiro atoms. The number of rotatable bonds is 6. The van der Waals surface area contributed by atoms with Gasteiger partial charge in [0.1, 0.15) is 6.04 Å². The number of carbonyl (C=O) groups excluding carboxylic acids is 1. The van der Waals surface area contributed by atoms with E-state index in [1.54, 1.807) is 0 Å². The van der Waals surface area contributed by atoms with Crippen LogP contribution in [0, 0.1) is 0 Å². The van der Waals surface area contributed by atoms with Crippen LogP contribution < -0.4 is 10.6 Å². The molecule has 0 aromatic rings. The molecule has 0 aliphatic heterocycles. The first kappa shape index (κ1) is 15.0. The zero-order valence-corrected chi connectivity index (χ0v) is 10.5. The molecule has 0 saturated heterocycles. The number of aliphatic carboxylic acids is 2. The van der Waals surface area contributed by atoms with Crippen LogP contribution in [0.4, 0.5) is 4.79 Å². The Kier molecular flexibility index (Phi) is 5.84. The second kappa shape index (κ2) is 7.40. The van der Waals surface area contributed by atoms with Crippen molar-refractivity contribution in [3.8, 4) is 0 Å². The number of carboxylic acid groups (broad SMARTS) is 2. The van der Waals surface area contributed by atoms with Gasteiger partial charge in [-0.3, -0.25) is 4.79 Å². The number of urea groups is 1. The van der Waals surface area contributed by atoms with Gasteiger partial charge in [-0.2, -0.15) is 0 Å². The topological polar surface area (TPSA) is 116 Å². The Bertz CT molecular complexity index is 380. The Morgan fingerprint density at radius 2 is 2.00 bits per heavy atom. The summed E-state index contributed by atoms with van der Waals surface area (Å²) in [7, 11) is 0. The first-order valence-corrected chi connectivity index (χ1v) is 6.15. The fraction of sp³-hybridized carbons (Fsp3) is 0.583. The van der Waals surface area contributed by atoms with Gasteiger partial charge in [0.25, 0.3) is 0 Å². The number of hydrogen-bond acceptors (Lipinski definition) is 3. The van der Waals surface area contributed by atoms with Gasteiger partial charge >= 0.3 is 18.0 Å². The summed E-state index contributed by atoms with van der Waals surface area (Å²) in [5, 5.41) is 22.4. The summed E-state index contributed by atoms with van der Waals surface area (Å²) in [5.74, 6) is -2.33. The van der Waals surface area contributed by atoms with Crippen molar-refractivity contribution in [1.82, 2.24) is 10.6 Å². The van der Waals surface area contributed by atoms with E-state index in [1.165, 1.54) is 0 Å². The average Bonchev–Trinajstić information content (AvgIpc) is 2.35. The van der Waals surface area contributed by atoms with Crippen molar-refractivity contribution >= 4 is 18.0 Å². The summed E-state index contributed by atoms with van der Waals surface area (Å²) < 4.78 is 0. The Hall–Kier alpha value is -2.05. The molecule has 2 atom stereocenters. The molecule has 0 radical (unpaired) electrons. The standard InChI is InChI=1S/C12H18N2O5/c15-10(16)7-6-9(11(17)18)14-12(19)13-8-4-2-1-3-5-8/h1-2,8-9H,3-7H2,(H,15,16)(H,17,18)(H2,13,14,19)/t8?,9-/m0/s1. The molecular weight excluding hydrogens is 252 g/mol. The Balaban J connectivity index is 2.39. The molecule has 106 valence electrons. The van der Waals surface area contributed by atoms with Gasteiger partial charge in [0.15, 0.2) is 0 Å². The van der Waals surface area contributed by atoms with E-state index < -0.39 is 24.0 Å². The molecule has 0 fully saturated rings. The SMILES string of the molecule is O=C(O)CC[C@H](NC(=O)NC1CC=CCC1)C(=O)O. The van der Waals surface area contributed by atoms with Gasteiger partial charge in [-0.25, -0.2) is 9.59 Å². The molecule has 4 N–H and O–H groups in total. The zero-order valence-electron chi connectivity index (χ0n) is 10.5. The van der Waals surface area contributed by atoms with E-state index in [0.717, 1.165) is 19.3 Å². The molecule has 1 unspecified atom stereocenters. The molecule has 2 amide bonds. The van der Waals surface area contributed by atoms with Gasteiger partial charge in [0.2, 0.25) is 0 Å². The number of allylic oxidation sites excluding steroid dienone is 1. The van der Waals surface area contributed by atoms with Crippen LogP contribution in [-0.4, -0.2) is 40.3 Å². The molecule has 1 rings (SSSR count). The van der Waals surface area contributed by atoms with Crippen molar-refractivity contribution in [3.05, 3.63) is 12.2 Å². The molecule has 0 aromatic heterocycles. The molecule has 1 aliphatic carbocycles. The Morgan fingerprint density at radius 1 is 1.26 bits per heavy atom. The predicted molar refractivity (Wildman–Crippen MR) is 66.7 cm³/mol. The van der Waals surface area contributed by atoms with E-state index in [-0.39, 0.29) is 18.9 Å². The number of amides is 2. The normalized spacial score (nSPS) is 19.5. The van der Waals surface area contributed by atoms with E-state index in [2.05, 4.69) is 10.6 Å². The van der Waals surface area contributed by atoms with Gasteiger partial charge in [-0.1, -0.05) is 12.2 Å². The van der Waals surface area contributed by atoms with E-state index in [1.807, 2.05) is 12.2 Å². The Morgan fingerprint density at radius 3 is 2.53 bits per heavy atom. The molecule has 0 bridgehead atoms. The van der Waals surface area contributed by atoms with Crippen LogP contribution in [0.25, 0.3) is 0 Å². The maximum Gasteiger partial charge on any atom is 0.326 e. The molecule has 7 heteroatoms.